The molecule has 2 unspecified atom stereocenters. The maximum Gasteiger partial charge on any atom is 0.391 e. The summed E-state index contributed by atoms with van der Waals surface area (Å²) in [7, 11) is 0. The van der Waals surface area contributed by atoms with Gasteiger partial charge in [-0.05, 0) is 46.2 Å². The molecule has 1 saturated heterocycles. The molecule has 0 radical (unpaired) electrons. The molecular weight excluding hydrogens is 243 g/mol. The van der Waals surface area contributed by atoms with Crippen molar-refractivity contribution in [3.05, 3.63) is 0 Å². The molecule has 2 atom stereocenters. The predicted molar refractivity (Wildman–Crippen MR) is 62.6 cm³/mol. The Morgan fingerprint density at radius 1 is 1.39 bits per heavy atom. The number of hydrogen-bond acceptors (Lipinski definition) is 3. The van der Waals surface area contributed by atoms with Gasteiger partial charge in [0.15, 0.2) is 0 Å². The molecule has 2 N–H and O–H groups in total. The Hall–Kier alpha value is -0.800. The third-order valence-electron chi connectivity index (χ3n) is 3.59. The lowest BCUT2D eigenvalue weighted by Crippen LogP contribution is -2.47. The van der Waals surface area contributed by atoms with E-state index in [1.165, 1.54) is 0 Å². The van der Waals surface area contributed by atoms with E-state index in [1.54, 1.807) is 6.92 Å². The Labute approximate surface area is 106 Å². The molecular formula is C12H20F3N3. The largest absolute Gasteiger partial charge is 0.391 e. The number of nitriles is 1. The number of rotatable bonds is 3. The van der Waals surface area contributed by atoms with E-state index in [0.717, 1.165) is 0 Å². The molecule has 1 rings (SSSR count). The van der Waals surface area contributed by atoms with Crippen LogP contribution in [0.4, 0.5) is 13.2 Å². The summed E-state index contributed by atoms with van der Waals surface area (Å²) in [6.07, 6.45) is -3.33. The molecule has 1 aliphatic rings. The lowest BCUT2D eigenvalue weighted by atomic mass is 9.91. The number of nitrogens with zero attached hydrogens (tertiary/aromatic N) is 2. The fraction of sp³-hybridized carbons (Fsp3) is 0.917. The summed E-state index contributed by atoms with van der Waals surface area (Å²) >= 11 is 0. The number of nitrogens with two attached hydrogens (primary N) is 1. The van der Waals surface area contributed by atoms with Gasteiger partial charge in [-0.1, -0.05) is 0 Å². The molecule has 104 valence electrons. The topological polar surface area (TPSA) is 53.1 Å². The van der Waals surface area contributed by atoms with Crippen molar-refractivity contribution >= 4 is 0 Å². The molecule has 3 nitrogen and oxygen atoms in total. The first kappa shape index (κ1) is 15.3. The highest BCUT2D eigenvalue weighted by Crippen LogP contribution is 2.34. The zero-order chi connectivity index (χ0) is 14.0. The normalized spacial score (nSPS) is 24.3. The van der Waals surface area contributed by atoms with Gasteiger partial charge in [-0.15, -0.1) is 0 Å². The van der Waals surface area contributed by atoms with Crippen LogP contribution in [0.25, 0.3) is 0 Å². The van der Waals surface area contributed by atoms with Crippen LogP contribution in [0.3, 0.4) is 0 Å². The summed E-state index contributed by atoms with van der Waals surface area (Å²) in [6, 6.07) is 2.05. The van der Waals surface area contributed by atoms with Crippen LogP contribution in [-0.2, 0) is 0 Å². The van der Waals surface area contributed by atoms with Crippen LogP contribution in [0, 0.1) is 17.2 Å². The molecule has 0 aromatic carbocycles. The molecule has 18 heavy (non-hydrogen) atoms. The summed E-state index contributed by atoms with van der Waals surface area (Å²) in [5.74, 6) is -1.18. The van der Waals surface area contributed by atoms with Crippen molar-refractivity contribution in [1.82, 2.24) is 4.90 Å². The summed E-state index contributed by atoms with van der Waals surface area (Å²) < 4.78 is 37.5. The molecule has 0 amide bonds. The second-order valence-corrected chi connectivity index (χ2v) is 5.43. The van der Waals surface area contributed by atoms with Crippen LogP contribution in [0.2, 0.25) is 0 Å². The first-order valence-electron chi connectivity index (χ1n) is 6.16. The molecule has 6 heteroatoms. The van der Waals surface area contributed by atoms with Gasteiger partial charge in [-0.25, -0.2) is 0 Å². The Balaban J connectivity index is 2.46. The highest BCUT2D eigenvalue weighted by Gasteiger charge is 2.41. The van der Waals surface area contributed by atoms with E-state index in [-0.39, 0.29) is 18.9 Å². The minimum absolute atomic E-state index is 0.0360. The Morgan fingerprint density at radius 3 is 2.28 bits per heavy atom. The Kier molecular flexibility index (Phi) is 4.62. The van der Waals surface area contributed by atoms with Crippen molar-refractivity contribution in [1.29, 1.82) is 5.26 Å². The van der Waals surface area contributed by atoms with Crippen molar-refractivity contribution < 1.29 is 13.2 Å². The maximum absolute atomic E-state index is 12.5. The first-order chi connectivity index (χ1) is 8.15. The quantitative estimate of drug-likeness (QED) is 0.850. The molecule has 0 spiro atoms. The third-order valence-corrected chi connectivity index (χ3v) is 3.59. The van der Waals surface area contributed by atoms with E-state index in [1.807, 2.05) is 17.9 Å². The van der Waals surface area contributed by atoms with Crippen LogP contribution in [0.15, 0.2) is 0 Å². The van der Waals surface area contributed by atoms with Crippen molar-refractivity contribution in [3.63, 3.8) is 0 Å². The van der Waals surface area contributed by atoms with Gasteiger partial charge in [0.1, 0.15) is 5.54 Å². The predicted octanol–water partition coefficient (Wildman–Crippen LogP) is 2.28. The average Bonchev–Trinajstić information content (AvgIpc) is 2.27. The van der Waals surface area contributed by atoms with Gasteiger partial charge in [0.25, 0.3) is 0 Å². The zero-order valence-electron chi connectivity index (χ0n) is 10.8. The standard InChI is InChI=1S/C12H20F3N3/c1-9(7-11(2,17)8-16)18-5-3-10(4-6-18)12(13,14)15/h9-10H,3-7,17H2,1-2H3. The SMILES string of the molecule is CC(CC(C)(N)C#N)N1CCC(C(F)(F)F)CC1. The van der Waals surface area contributed by atoms with Crippen molar-refractivity contribution in [2.24, 2.45) is 11.7 Å². The molecule has 1 fully saturated rings. The van der Waals surface area contributed by atoms with E-state index >= 15 is 0 Å². The molecule has 0 bridgehead atoms. The minimum Gasteiger partial charge on any atom is -0.314 e. The number of hydrogen-bond donors (Lipinski definition) is 1. The average molecular weight is 263 g/mol. The van der Waals surface area contributed by atoms with Crippen molar-refractivity contribution in [3.8, 4) is 6.07 Å². The number of piperidine rings is 1. The van der Waals surface area contributed by atoms with E-state index in [9.17, 15) is 13.2 Å². The minimum atomic E-state index is -4.08. The zero-order valence-corrected chi connectivity index (χ0v) is 10.8. The highest BCUT2D eigenvalue weighted by molar-refractivity contribution is 5.03. The summed E-state index contributed by atoms with van der Waals surface area (Å²) in [6.45, 7) is 4.40. The van der Waals surface area contributed by atoms with Crippen LogP contribution >= 0.6 is 0 Å². The fourth-order valence-electron chi connectivity index (χ4n) is 2.46. The Morgan fingerprint density at radius 2 is 1.89 bits per heavy atom. The third kappa shape index (κ3) is 4.14. The molecule has 1 aliphatic heterocycles. The molecule has 0 aromatic rings. The van der Waals surface area contributed by atoms with E-state index in [4.69, 9.17) is 11.0 Å². The van der Waals surface area contributed by atoms with Gasteiger partial charge < -0.3 is 10.6 Å². The van der Waals surface area contributed by atoms with Crippen LogP contribution in [0.5, 0.6) is 0 Å². The number of halogens is 3. The van der Waals surface area contributed by atoms with Gasteiger partial charge in [0.2, 0.25) is 0 Å². The fourth-order valence-corrected chi connectivity index (χ4v) is 2.46. The first-order valence-corrected chi connectivity index (χ1v) is 6.16. The highest BCUT2D eigenvalue weighted by atomic mass is 19.4. The van der Waals surface area contributed by atoms with Gasteiger partial charge in [-0.2, -0.15) is 18.4 Å². The number of alkyl halides is 3. The van der Waals surface area contributed by atoms with E-state index < -0.39 is 17.6 Å². The van der Waals surface area contributed by atoms with Crippen LogP contribution < -0.4 is 5.73 Å². The smallest absolute Gasteiger partial charge is 0.314 e. The van der Waals surface area contributed by atoms with Gasteiger partial charge in [0, 0.05) is 6.04 Å². The van der Waals surface area contributed by atoms with Crippen LogP contribution in [0.1, 0.15) is 33.1 Å². The van der Waals surface area contributed by atoms with E-state index in [0.29, 0.717) is 19.5 Å². The van der Waals surface area contributed by atoms with Crippen molar-refractivity contribution in [2.45, 2.75) is 50.9 Å². The lowest BCUT2D eigenvalue weighted by molar-refractivity contribution is -0.186. The molecule has 0 saturated carbocycles. The monoisotopic (exact) mass is 263 g/mol. The van der Waals surface area contributed by atoms with Gasteiger partial charge >= 0.3 is 6.18 Å². The summed E-state index contributed by atoms with van der Waals surface area (Å²) in [5.41, 5.74) is 4.84. The Bertz CT molecular complexity index is 312. The maximum atomic E-state index is 12.5. The van der Waals surface area contributed by atoms with Gasteiger partial charge in [-0.3, -0.25) is 0 Å². The molecule has 0 aromatic heterocycles. The molecule has 0 aliphatic carbocycles. The summed E-state index contributed by atoms with van der Waals surface area (Å²) in [4.78, 5) is 1.99. The molecule has 1 heterocycles. The van der Waals surface area contributed by atoms with Gasteiger partial charge in [0.05, 0.1) is 12.0 Å². The lowest BCUT2D eigenvalue weighted by Gasteiger charge is -2.38. The summed E-state index contributed by atoms with van der Waals surface area (Å²) in [5, 5.41) is 8.85. The van der Waals surface area contributed by atoms with Crippen LogP contribution in [-0.4, -0.2) is 35.7 Å². The second kappa shape index (κ2) is 5.45. The second-order valence-electron chi connectivity index (χ2n) is 5.43. The van der Waals surface area contributed by atoms with E-state index in [2.05, 4.69) is 0 Å². The van der Waals surface area contributed by atoms with Crippen molar-refractivity contribution in [2.75, 3.05) is 13.1 Å². The number of likely N-dealkylation sites (tertiary alicyclic amines) is 1.